The van der Waals surface area contributed by atoms with Crippen molar-refractivity contribution >= 4 is 34.8 Å². The van der Waals surface area contributed by atoms with Gasteiger partial charge in [0, 0.05) is 29.7 Å². The van der Waals surface area contributed by atoms with Gasteiger partial charge in [0.05, 0.1) is 17.3 Å². The summed E-state index contributed by atoms with van der Waals surface area (Å²) >= 11 is 12.1. The molecule has 0 saturated carbocycles. The highest BCUT2D eigenvalue weighted by molar-refractivity contribution is 6.35. The van der Waals surface area contributed by atoms with E-state index in [1.807, 2.05) is 0 Å². The van der Waals surface area contributed by atoms with E-state index in [1.54, 1.807) is 25.1 Å². The number of rotatable bonds is 7. The number of carbonyl (C=O) groups is 1. The first-order chi connectivity index (χ1) is 12.7. The Balaban J connectivity index is 2.19. The first-order valence-corrected chi connectivity index (χ1v) is 8.65. The monoisotopic (exact) mass is 418 g/mol. The minimum atomic E-state index is -2.86. The van der Waals surface area contributed by atoms with Gasteiger partial charge in [0.25, 0.3) is 12.3 Å². The maximum absolute atomic E-state index is 13.1. The normalized spacial score (nSPS) is 13.0. The molecule has 146 valence electrons. The summed E-state index contributed by atoms with van der Waals surface area (Å²) in [5, 5.41) is 11.1. The molecule has 10 heteroatoms. The van der Waals surface area contributed by atoms with Gasteiger partial charge in [-0.2, -0.15) is 5.10 Å². The Morgan fingerprint density at radius 1 is 1.41 bits per heavy atom. The lowest BCUT2D eigenvalue weighted by molar-refractivity contribution is 0.0933. The first kappa shape index (κ1) is 21.1. The zero-order valence-corrected chi connectivity index (χ0v) is 16.4. The van der Waals surface area contributed by atoms with E-state index in [1.165, 1.54) is 25.0 Å². The van der Waals surface area contributed by atoms with Gasteiger partial charge in [0.1, 0.15) is 12.8 Å². The predicted octanol–water partition coefficient (Wildman–Crippen LogP) is 4.03. The van der Waals surface area contributed by atoms with Gasteiger partial charge in [-0.1, -0.05) is 34.4 Å². The number of oxime groups is 1. The van der Waals surface area contributed by atoms with Gasteiger partial charge in [-0.25, -0.2) is 8.78 Å². The second kappa shape index (κ2) is 9.14. The largest absolute Gasteiger partial charge is 0.399 e. The van der Waals surface area contributed by atoms with Crippen LogP contribution in [0.25, 0.3) is 0 Å². The number of nitrogens with one attached hydrogen (secondary N) is 1. The summed E-state index contributed by atoms with van der Waals surface area (Å²) in [5.74, 6) is -0.683. The number of alkyl halides is 2. The third-order valence-corrected chi connectivity index (χ3v) is 4.34. The summed E-state index contributed by atoms with van der Waals surface area (Å²) in [4.78, 5) is 17.3. The minimum absolute atomic E-state index is 0.194. The van der Waals surface area contributed by atoms with Crippen LogP contribution < -0.4 is 5.32 Å². The molecule has 0 bridgehead atoms. The highest BCUT2D eigenvalue weighted by Gasteiger charge is 2.25. The van der Waals surface area contributed by atoms with Crippen LogP contribution in [0, 0.1) is 0 Å². The number of hydrogen-bond donors (Lipinski definition) is 1. The van der Waals surface area contributed by atoms with Crippen LogP contribution in [0.5, 0.6) is 0 Å². The molecule has 0 aliphatic rings. The number of amides is 1. The van der Waals surface area contributed by atoms with E-state index in [4.69, 9.17) is 28.0 Å². The van der Waals surface area contributed by atoms with Crippen LogP contribution in [0.3, 0.4) is 0 Å². The van der Waals surface area contributed by atoms with Gasteiger partial charge < -0.3 is 10.2 Å². The highest BCUT2D eigenvalue weighted by atomic mass is 35.5. The van der Waals surface area contributed by atoms with Gasteiger partial charge in [0.2, 0.25) is 0 Å². The summed E-state index contributed by atoms with van der Waals surface area (Å²) in [7, 11) is 2.83. The Bertz CT molecular complexity index is 855. The third-order valence-electron chi connectivity index (χ3n) is 3.75. The Kier molecular flexibility index (Phi) is 7.15. The van der Waals surface area contributed by atoms with Crippen molar-refractivity contribution in [3.63, 3.8) is 0 Å². The molecule has 6 nitrogen and oxygen atoms in total. The van der Waals surface area contributed by atoms with Gasteiger partial charge in [0.15, 0.2) is 0 Å². The fourth-order valence-electron chi connectivity index (χ4n) is 2.44. The summed E-state index contributed by atoms with van der Waals surface area (Å²) in [6.45, 7) is 1.66. The molecule has 27 heavy (non-hydrogen) atoms. The van der Waals surface area contributed by atoms with Gasteiger partial charge in [-0.3, -0.25) is 9.48 Å². The highest BCUT2D eigenvalue weighted by Crippen LogP contribution is 2.23. The second-order valence-corrected chi connectivity index (χ2v) is 6.62. The van der Waals surface area contributed by atoms with Crippen molar-refractivity contribution in [1.29, 1.82) is 0 Å². The van der Waals surface area contributed by atoms with Gasteiger partial charge in [-0.05, 0) is 24.6 Å². The van der Waals surface area contributed by atoms with Crippen LogP contribution in [0.1, 0.15) is 35.0 Å². The van der Waals surface area contributed by atoms with E-state index < -0.39 is 24.1 Å². The molecule has 1 N–H and O–H groups in total. The van der Waals surface area contributed by atoms with Crippen LogP contribution >= 0.6 is 23.2 Å². The number of aromatic nitrogens is 2. The number of nitrogens with zero attached hydrogens (tertiary/aromatic N) is 3. The van der Waals surface area contributed by atoms with Crippen LogP contribution in [0.2, 0.25) is 10.0 Å². The second-order valence-electron chi connectivity index (χ2n) is 5.78. The van der Waals surface area contributed by atoms with Crippen LogP contribution in [-0.4, -0.2) is 34.6 Å². The zero-order chi connectivity index (χ0) is 20.1. The molecule has 0 aliphatic carbocycles. The molecule has 1 aromatic heterocycles. The van der Waals surface area contributed by atoms with Crippen molar-refractivity contribution in [1.82, 2.24) is 15.1 Å². The smallest absolute Gasteiger partial charge is 0.282 e. The first-order valence-electron chi connectivity index (χ1n) is 7.89. The summed E-state index contributed by atoms with van der Waals surface area (Å²) in [6, 6.07) is 4.41. The Labute approximate surface area is 165 Å². The molecule has 0 saturated heterocycles. The molecule has 0 aliphatic heterocycles. The maximum atomic E-state index is 13.1. The van der Waals surface area contributed by atoms with Crippen molar-refractivity contribution in [2.24, 2.45) is 12.2 Å². The maximum Gasteiger partial charge on any atom is 0.282 e. The number of carbonyl (C=O) groups excluding carboxylic acids is 1. The van der Waals surface area contributed by atoms with Crippen molar-refractivity contribution < 1.29 is 18.4 Å². The Morgan fingerprint density at radius 3 is 2.70 bits per heavy atom. The molecule has 2 rings (SSSR count). The average molecular weight is 419 g/mol. The van der Waals surface area contributed by atoms with Crippen molar-refractivity contribution in [3.05, 3.63) is 51.3 Å². The molecule has 1 aromatic carbocycles. The molecule has 1 amide bonds. The van der Waals surface area contributed by atoms with E-state index >= 15 is 0 Å². The molecule has 0 fully saturated rings. The zero-order valence-electron chi connectivity index (χ0n) is 14.8. The Morgan fingerprint density at radius 2 is 2.11 bits per heavy atom. The SMILES string of the molecule is CO/N=C(/Cc1ccc(Cl)cc1Cl)[C@H](C)NC(=O)c1cn(C)nc1C(F)F. The predicted molar refractivity (Wildman–Crippen MR) is 99.7 cm³/mol. The van der Waals surface area contributed by atoms with E-state index in [2.05, 4.69) is 15.6 Å². The molecule has 1 atom stereocenters. The molecule has 0 spiro atoms. The third kappa shape index (κ3) is 5.40. The summed E-state index contributed by atoms with van der Waals surface area (Å²) in [6.07, 6.45) is -1.34. The fraction of sp³-hybridized carbons (Fsp3) is 0.353. The molecule has 1 heterocycles. The van der Waals surface area contributed by atoms with E-state index in [0.29, 0.717) is 15.8 Å². The summed E-state index contributed by atoms with van der Waals surface area (Å²) in [5.41, 5.74) is 0.416. The van der Waals surface area contributed by atoms with E-state index in [0.717, 1.165) is 5.56 Å². The molecular formula is C17H18Cl2F2N4O2. The van der Waals surface area contributed by atoms with Crippen LogP contribution in [0.15, 0.2) is 29.6 Å². The average Bonchev–Trinajstić information content (AvgIpc) is 2.99. The standard InChI is InChI=1S/C17H18Cl2F2N4O2/c1-9(22-17(26)12-8-25(2)23-15(12)16(20)21)14(24-27-3)6-10-4-5-11(18)7-13(10)19/h4-5,7-9,16H,6H2,1-3H3,(H,22,26)/b24-14-/t9-/m0/s1. The van der Waals surface area contributed by atoms with Crippen LogP contribution in [0.4, 0.5) is 8.78 Å². The number of benzene rings is 1. The summed E-state index contributed by atoms with van der Waals surface area (Å²) < 4.78 is 27.3. The van der Waals surface area contributed by atoms with Crippen LogP contribution in [-0.2, 0) is 18.3 Å². The van der Waals surface area contributed by atoms with Crippen molar-refractivity contribution in [2.45, 2.75) is 25.8 Å². The van der Waals surface area contributed by atoms with Gasteiger partial charge in [-0.15, -0.1) is 0 Å². The van der Waals surface area contributed by atoms with Crippen molar-refractivity contribution in [3.8, 4) is 0 Å². The topological polar surface area (TPSA) is 68.5 Å². The lowest BCUT2D eigenvalue weighted by Gasteiger charge is -2.17. The molecule has 0 unspecified atom stereocenters. The lowest BCUT2D eigenvalue weighted by Crippen LogP contribution is -2.39. The Hall–Kier alpha value is -2.19. The molecule has 0 radical (unpaired) electrons. The number of halogens is 4. The molecular weight excluding hydrogens is 401 g/mol. The fourth-order valence-corrected chi connectivity index (χ4v) is 2.92. The molecule has 2 aromatic rings. The number of hydrogen-bond acceptors (Lipinski definition) is 4. The lowest BCUT2D eigenvalue weighted by atomic mass is 10.0. The minimum Gasteiger partial charge on any atom is -0.399 e. The quantitative estimate of drug-likeness (QED) is 0.545. The number of aryl methyl sites for hydroxylation is 1. The van der Waals surface area contributed by atoms with Gasteiger partial charge >= 0.3 is 0 Å². The van der Waals surface area contributed by atoms with Crippen molar-refractivity contribution in [2.75, 3.05) is 7.11 Å². The van der Waals surface area contributed by atoms with E-state index in [-0.39, 0.29) is 12.0 Å². The van der Waals surface area contributed by atoms with E-state index in [9.17, 15) is 13.6 Å².